The van der Waals surface area contributed by atoms with Crippen molar-refractivity contribution >= 4 is 22.7 Å². The smallest absolute Gasteiger partial charge is 0.253 e. The van der Waals surface area contributed by atoms with Gasteiger partial charge < -0.3 is 10.6 Å². The third-order valence-corrected chi connectivity index (χ3v) is 4.31. The molecule has 1 aliphatic rings. The lowest BCUT2D eigenvalue weighted by Gasteiger charge is -2.14. The summed E-state index contributed by atoms with van der Waals surface area (Å²) in [7, 11) is 0. The van der Waals surface area contributed by atoms with E-state index in [0.717, 1.165) is 18.9 Å². The molecule has 0 spiro atoms. The van der Waals surface area contributed by atoms with E-state index >= 15 is 0 Å². The molecular formula is C18H17F2N3O2. The highest BCUT2D eigenvalue weighted by molar-refractivity contribution is 5.97. The van der Waals surface area contributed by atoms with Gasteiger partial charge in [0.1, 0.15) is 5.52 Å². The zero-order chi connectivity index (χ0) is 18.0. The van der Waals surface area contributed by atoms with Gasteiger partial charge in [-0.3, -0.25) is 14.6 Å². The highest BCUT2D eigenvalue weighted by atomic mass is 19.2. The molecule has 1 heterocycles. The predicted molar refractivity (Wildman–Crippen MR) is 88.9 cm³/mol. The second-order valence-electron chi connectivity index (χ2n) is 6.05. The Morgan fingerprint density at radius 2 is 1.92 bits per heavy atom. The maximum atomic E-state index is 13.7. The normalized spacial score (nSPS) is 19.6. The van der Waals surface area contributed by atoms with Crippen LogP contribution in [0.2, 0.25) is 0 Å². The molecule has 0 saturated heterocycles. The van der Waals surface area contributed by atoms with E-state index in [9.17, 15) is 18.4 Å². The molecule has 7 heteroatoms. The predicted octanol–water partition coefficient (Wildman–Crippen LogP) is 2.47. The van der Waals surface area contributed by atoms with Crippen molar-refractivity contribution in [3.05, 3.63) is 54.2 Å². The zero-order valence-corrected chi connectivity index (χ0v) is 13.4. The lowest BCUT2D eigenvalue weighted by Crippen LogP contribution is -2.36. The Labute approximate surface area is 143 Å². The largest absolute Gasteiger partial charge is 0.350 e. The van der Waals surface area contributed by atoms with E-state index in [0.29, 0.717) is 11.8 Å². The van der Waals surface area contributed by atoms with Gasteiger partial charge in [-0.05, 0) is 43.5 Å². The summed E-state index contributed by atoms with van der Waals surface area (Å²) in [6, 6.07) is 3.80. The SMILES string of the molecule is C=CC(=O)N[C@@H]1CC[C@@H](NC(=O)c2cnc3c(F)c(F)ccc3c2)C1. The molecule has 5 nitrogen and oxygen atoms in total. The monoisotopic (exact) mass is 345 g/mol. The summed E-state index contributed by atoms with van der Waals surface area (Å²) in [6.07, 6.45) is 4.59. The van der Waals surface area contributed by atoms with Gasteiger partial charge in [0.2, 0.25) is 5.91 Å². The molecule has 2 atom stereocenters. The third-order valence-electron chi connectivity index (χ3n) is 4.31. The van der Waals surface area contributed by atoms with E-state index in [2.05, 4.69) is 22.2 Å². The number of carbonyl (C=O) groups excluding carboxylic acids is 2. The average Bonchev–Trinajstić information content (AvgIpc) is 3.04. The van der Waals surface area contributed by atoms with Crippen molar-refractivity contribution in [3.8, 4) is 0 Å². The second-order valence-corrected chi connectivity index (χ2v) is 6.05. The number of fused-ring (bicyclic) bond motifs is 1. The van der Waals surface area contributed by atoms with Crippen LogP contribution in [0.15, 0.2) is 37.1 Å². The van der Waals surface area contributed by atoms with E-state index < -0.39 is 11.6 Å². The molecule has 2 aromatic rings. The molecular weight excluding hydrogens is 328 g/mol. The van der Waals surface area contributed by atoms with Gasteiger partial charge in [0.05, 0.1) is 5.56 Å². The molecule has 2 N–H and O–H groups in total. The fourth-order valence-corrected chi connectivity index (χ4v) is 3.04. The van der Waals surface area contributed by atoms with E-state index in [1.165, 1.54) is 24.4 Å². The summed E-state index contributed by atoms with van der Waals surface area (Å²) < 4.78 is 26.9. The number of nitrogens with zero attached hydrogens (tertiary/aromatic N) is 1. The van der Waals surface area contributed by atoms with Crippen LogP contribution in [0.4, 0.5) is 8.78 Å². The number of carbonyl (C=O) groups is 2. The third kappa shape index (κ3) is 3.65. The molecule has 3 rings (SSSR count). The molecule has 1 saturated carbocycles. The van der Waals surface area contributed by atoms with Crippen molar-refractivity contribution in [1.82, 2.24) is 15.6 Å². The van der Waals surface area contributed by atoms with Gasteiger partial charge >= 0.3 is 0 Å². The highest BCUT2D eigenvalue weighted by Gasteiger charge is 2.27. The zero-order valence-electron chi connectivity index (χ0n) is 13.4. The minimum absolute atomic E-state index is 0.00241. The van der Waals surface area contributed by atoms with E-state index in [1.54, 1.807) is 0 Å². The number of amides is 2. The molecule has 0 radical (unpaired) electrons. The van der Waals surface area contributed by atoms with Gasteiger partial charge in [-0.1, -0.05) is 6.58 Å². The number of hydrogen-bond acceptors (Lipinski definition) is 3. The number of benzene rings is 1. The molecule has 130 valence electrons. The quantitative estimate of drug-likeness (QED) is 0.837. The first kappa shape index (κ1) is 17.0. The van der Waals surface area contributed by atoms with Crippen LogP contribution in [0, 0.1) is 11.6 Å². The van der Waals surface area contributed by atoms with Crippen LogP contribution in [-0.4, -0.2) is 28.9 Å². The van der Waals surface area contributed by atoms with Crippen molar-refractivity contribution in [1.29, 1.82) is 0 Å². The van der Waals surface area contributed by atoms with Crippen molar-refractivity contribution in [2.75, 3.05) is 0 Å². The summed E-state index contributed by atoms with van der Waals surface area (Å²) in [4.78, 5) is 27.5. The Morgan fingerprint density at radius 1 is 1.20 bits per heavy atom. The molecule has 1 aromatic heterocycles. The fourth-order valence-electron chi connectivity index (χ4n) is 3.04. The van der Waals surface area contributed by atoms with Gasteiger partial charge in [0.25, 0.3) is 5.91 Å². The van der Waals surface area contributed by atoms with Crippen molar-refractivity contribution in [3.63, 3.8) is 0 Å². The molecule has 0 unspecified atom stereocenters. The van der Waals surface area contributed by atoms with Crippen LogP contribution in [0.5, 0.6) is 0 Å². The van der Waals surface area contributed by atoms with Crippen molar-refractivity contribution in [2.24, 2.45) is 0 Å². The molecule has 2 amide bonds. The number of halogens is 2. The van der Waals surface area contributed by atoms with Crippen LogP contribution >= 0.6 is 0 Å². The number of hydrogen-bond donors (Lipinski definition) is 2. The first-order chi connectivity index (χ1) is 12.0. The topological polar surface area (TPSA) is 71.1 Å². The maximum Gasteiger partial charge on any atom is 0.253 e. The molecule has 0 aliphatic heterocycles. The van der Waals surface area contributed by atoms with Crippen LogP contribution in [0.1, 0.15) is 29.6 Å². The van der Waals surface area contributed by atoms with Gasteiger partial charge in [0, 0.05) is 23.7 Å². The Kier molecular flexibility index (Phi) is 4.74. The first-order valence-corrected chi connectivity index (χ1v) is 7.95. The Morgan fingerprint density at radius 3 is 2.64 bits per heavy atom. The Bertz CT molecular complexity index is 854. The number of nitrogens with one attached hydrogen (secondary N) is 2. The second kappa shape index (κ2) is 6.96. The fraction of sp³-hybridized carbons (Fsp3) is 0.278. The maximum absolute atomic E-state index is 13.7. The van der Waals surface area contributed by atoms with Crippen LogP contribution in [-0.2, 0) is 4.79 Å². The highest BCUT2D eigenvalue weighted by Crippen LogP contribution is 2.21. The van der Waals surface area contributed by atoms with E-state index in [1.807, 2.05) is 0 Å². The van der Waals surface area contributed by atoms with Crippen LogP contribution in [0.3, 0.4) is 0 Å². The minimum atomic E-state index is -1.03. The first-order valence-electron chi connectivity index (χ1n) is 7.95. The van der Waals surface area contributed by atoms with Crippen LogP contribution in [0.25, 0.3) is 10.9 Å². The summed E-state index contributed by atoms with van der Waals surface area (Å²) in [5.74, 6) is -2.57. The number of pyridine rings is 1. The van der Waals surface area contributed by atoms with Crippen LogP contribution < -0.4 is 10.6 Å². The average molecular weight is 345 g/mol. The Hall–Kier alpha value is -2.83. The van der Waals surface area contributed by atoms with Gasteiger partial charge in [0.15, 0.2) is 11.6 Å². The summed E-state index contributed by atoms with van der Waals surface area (Å²) in [5.41, 5.74) is 0.168. The van der Waals surface area contributed by atoms with Gasteiger partial charge in [-0.25, -0.2) is 8.78 Å². The minimum Gasteiger partial charge on any atom is -0.350 e. The molecule has 1 aliphatic carbocycles. The summed E-state index contributed by atoms with van der Waals surface area (Å²) in [6.45, 7) is 3.41. The standard InChI is InChI=1S/C18H17F2N3O2/c1-2-15(24)22-12-4-5-13(8-12)23-18(25)11-7-10-3-6-14(19)16(20)17(10)21-9-11/h2-3,6-7,9,12-13H,1,4-5,8H2,(H,22,24)(H,23,25)/t12-,13-/m1/s1. The lowest BCUT2D eigenvalue weighted by atomic mass is 10.1. The van der Waals surface area contributed by atoms with Crippen molar-refractivity contribution < 1.29 is 18.4 Å². The van der Waals surface area contributed by atoms with Crippen molar-refractivity contribution in [2.45, 2.75) is 31.3 Å². The van der Waals surface area contributed by atoms with Gasteiger partial charge in [-0.2, -0.15) is 0 Å². The van der Waals surface area contributed by atoms with E-state index in [-0.39, 0.29) is 35.0 Å². The van der Waals surface area contributed by atoms with Gasteiger partial charge in [-0.15, -0.1) is 0 Å². The number of aromatic nitrogens is 1. The molecule has 1 aromatic carbocycles. The summed E-state index contributed by atoms with van der Waals surface area (Å²) >= 11 is 0. The molecule has 1 fully saturated rings. The lowest BCUT2D eigenvalue weighted by molar-refractivity contribution is -0.117. The van der Waals surface area contributed by atoms with E-state index in [4.69, 9.17) is 0 Å². The number of rotatable bonds is 4. The Balaban J connectivity index is 1.68. The molecule has 25 heavy (non-hydrogen) atoms. The summed E-state index contributed by atoms with van der Waals surface area (Å²) in [5, 5.41) is 6.05. The molecule has 0 bridgehead atoms.